The molecule has 2 atom stereocenters. The van der Waals surface area contributed by atoms with E-state index in [-0.39, 0.29) is 10.5 Å². The lowest BCUT2D eigenvalue weighted by Gasteiger charge is -2.26. The van der Waals surface area contributed by atoms with Gasteiger partial charge >= 0.3 is 5.97 Å². The molecule has 1 aliphatic rings. The molecule has 0 saturated heterocycles. The zero-order chi connectivity index (χ0) is 14.0. The summed E-state index contributed by atoms with van der Waals surface area (Å²) < 4.78 is 25.2. The van der Waals surface area contributed by atoms with Gasteiger partial charge < -0.3 is 5.11 Å². The maximum absolute atomic E-state index is 12.6. The SMILES string of the molecule is CC1CCCC(S(=O)(=O)c2ccccc2C(=O)O)C1. The van der Waals surface area contributed by atoms with Crippen LogP contribution in [0.5, 0.6) is 0 Å². The number of hydrogen-bond donors (Lipinski definition) is 1. The highest BCUT2D eigenvalue weighted by molar-refractivity contribution is 7.92. The lowest BCUT2D eigenvalue weighted by atomic mass is 9.91. The first-order chi connectivity index (χ1) is 8.93. The first-order valence-corrected chi connectivity index (χ1v) is 8.03. The van der Waals surface area contributed by atoms with E-state index in [1.54, 1.807) is 12.1 Å². The van der Waals surface area contributed by atoms with E-state index >= 15 is 0 Å². The molecule has 1 aromatic carbocycles. The molecule has 0 aliphatic heterocycles. The van der Waals surface area contributed by atoms with Gasteiger partial charge in [0, 0.05) is 0 Å². The van der Waals surface area contributed by atoms with Crippen molar-refractivity contribution in [1.82, 2.24) is 0 Å². The van der Waals surface area contributed by atoms with Crippen LogP contribution in [0.25, 0.3) is 0 Å². The monoisotopic (exact) mass is 282 g/mol. The number of rotatable bonds is 3. The molecule has 0 radical (unpaired) electrons. The van der Waals surface area contributed by atoms with Crippen molar-refractivity contribution in [2.24, 2.45) is 5.92 Å². The second-order valence-electron chi connectivity index (χ2n) is 5.24. The van der Waals surface area contributed by atoms with Crippen molar-refractivity contribution in [2.45, 2.75) is 42.8 Å². The zero-order valence-electron chi connectivity index (χ0n) is 10.9. The molecular formula is C14H18O4S. The third kappa shape index (κ3) is 2.81. The normalized spacial score (nSPS) is 24.1. The summed E-state index contributed by atoms with van der Waals surface area (Å²) in [5.74, 6) is -0.812. The Morgan fingerprint density at radius 1 is 1.26 bits per heavy atom. The summed E-state index contributed by atoms with van der Waals surface area (Å²) in [5, 5.41) is 8.67. The van der Waals surface area contributed by atoms with Crippen molar-refractivity contribution in [2.75, 3.05) is 0 Å². The van der Waals surface area contributed by atoms with Gasteiger partial charge in [-0.05, 0) is 30.9 Å². The van der Waals surface area contributed by atoms with Crippen molar-refractivity contribution in [3.8, 4) is 0 Å². The molecule has 19 heavy (non-hydrogen) atoms. The maximum atomic E-state index is 12.6. The molecule has 1 saturated carbocycles. The predicted octanol–water partition coefficient (Wildman–Crippen LogP) is 2.74. The minimum Gasteiger partial charge on any atom is -0.478 e. The van der Waals surface area contributed by atoms with Gasteiger partial charge in [0.2, 0.25) is 0 Å². The van der Waals surface area contributed by atoms with Gasteiger partial charge in [0.15, 0.2) is 9.84 Å². The molecule has 2 unspecified atom stereocenters. The molecule has 1 N–H and O–H groups in total. The second-order valence-corrected chi connectivity index (χ2v) is 7.44. The van der Waals surface area contributed by atoms with E-state index < -0.39 is 21.1 Å². The van der Waals surface area contributed by atoms with Crippen molar-refractivity contribution in [3.05, 3.63) is 29.8 Å². The van der Waals surface area contributed by atoms with E-state index in [1.807, 2.05) is 6.92 Å². The smallest absolute Gasteiger partial charge is 0.337 e. The molecule has 0 spiro atoms. The van der Waals surface area contributed by atoms with Crippen LogP contribution in [0.3, 0.4) is 0 Å². The molecular weight excluding hydrogens is 264 g/mol. The van der Waals surface area contributed by atoms with Crippen LogP contribution >= 0.6 is 0 Å². The standard InChI is InChI=1S/C14H18O4S/c1-10-5-4-6-11(9-10)19(17,18)13-8-3-2-7-12(13)14(15)16/h2-3,7-8,10-11H,4-6,9H2,1H3,(H,15,16). The van der Waals surface area contributed by atoms with Gasteiger partial charge in [0.25, 0.3) is 0 Å². The molecule has 1 aromatic rings. The number of carboxylic acids is 1. The predicted molar refractivity (Wildman–Crippen MR) is 72.0 cm³/mol. The molecule has 104 valence electrons. The van der Waals surface area contributed by atoms with Crippen LogP contribution in [0.2, 0.25) is 0 Å². The van der Waals surface area contributed by atoms with Crippen LogP contribution in [0.1, 0.15) is 43.0 Å². The third-order valence-electron chi connectivity index (χ3n) is 3.75. The fourth-order valence-electron chi connectivity index (χ4n) is 2.73. The minimum absolute atomic E-state index is 0.0402. The van der Waals surface area contributed by atoms with Crippen LogP contribution in [0, 0.1) is 5.92 Å². The summed E-state index contributed by atoms with van der Waals surface area (Å²) in [4.78, 5) is 11.1. The van der Waals surface area contributed by atoms with E-state index in [9.17, 15) is 13.2 Å². The zero-order valence-corrected chi connectivity index (χ0v) is 11.7. The van der Waals surface area contributed by atoms with Crippen molar-refractivity contribution < 1.29 is 18.3 Å². The van der Waals surface area contributed by atoms with Crippen LogP contribution < -0.4 is 0 Å². The fourth-order valence-corrected chi connectivity index (χ4v) is 4.88. The number of hydrogen-bond acceptors (Lipinski definition) is 3. The Labute approximate surface area is 113 Å². The van der Waals surface area contributed by atoms with Crippen molar-refractivity contribution in [3.63, 3.8) is 0 Å². The molecule has 1 aliphatic carbocycles. The van der Waals surface area contributed by atoms with Crippen LogP contribution in [-0.2, 0) is 9.84 Å². The summed E-state index contributed by atoms with van der Waals surface area (Å²) in [7, 11) is -3.55. The molecule has 2 rings (SSSR count). The van der Waals surface area contributed by atoms with Gasteiger partial charge in [-0.15, -0.1) is 0 Å². The summed E-state index contributed by atoms with van der Waals surface area (Å²) in [6, 6.07) is 5.87. The lowest BCUT2D eigenvalue weighted by molar-refractivity contribution is 0.0692. The second kappa shape index (κ2) is 5.33. The van der Waals surface area contributed by atoms with Crippen LogP contribution in [0.4, 0.5) is 0 Å². The molecule has 4 nitrogen and oxygen atoms in total. The molecule has 1 fully saturated rings. The Morgan fingerprint density at radius 3 is 2.58 bits per heavy atom. The lowest BCUT2D eigenvalue weighted by Crippen LogP contribution is -2.28. The first kappa shape index (κ1) is 14.1. The summed E-state index contributed by atoms with van der Waals surface area (Å²) >= 11 is 0. The number of carbonyl (C=O) groups is 1. The minimum atomic E-state index is -3.55. The quantitative estimate of drug-likeness (QED) is 0.925. The highest BCUT2D eigenvalue weighted by Gasteiger charge is 2.33. The van der Waals surface area contributed by atoms with Crippen LogP contribution in [0.15, 0.2) is 29.2 Å². The Hall–Kier alpha value is -1.36. The summed E-state index contributed by atoms with van der Waals surface area (Å²) in [6.07, 6.45) is 3.18. The van der Waals surface area contributed by atoms with Gasteiger partial charge in [0.05, 0.1) is 15.7 Å². The van der Waals surface area contributed by atoms with Crippen molar-refractivity contribution in [1.29, 1.82) is 0 Å². The van der Waals surface area contributed by atoms with Gasteiger partial charge in [-0.2, -0.15) is 0 Å². The Kier molecular flexibility index (Phi) is 3.94. The topological polar surface area (TPSA) is 71.4 Å². The maximum Gasteiger partial charge on any atom is 0.337 e. The molecule has 0 bridgehead atoms. The van der Waals surface area contributed by atoms with E-state index in [0.29, 0.717) is 18.8 Å². The average molecular weight is 282 g/mol. The van der Waals surface area contributed by atoms with Crippen LogP contribution in [-0.4, -0.2) is 24.7 Å². The molecule has 5 heteroatoms. The number of aromatic carboxylic acids is 1. The Morgan fingerprint density at radius 2 is 1.95 bits per heavy atom. The van der Waals surface area contributed by atoms with Gasteiger partial charge in [-0.1, -0.05) is 31.9 Å². The van der Waals surface area contributed by atoms with Gasteiger partial charge in [0.1, 0.15) is 0 Å². The van der Waals surface area contributed by atoms with E-state index in [2.05, 4.69) is 0 Å². The molecule has 0 amide bonds. The molecule has 0 heterocycles. The number of carboxylic acid groups (broad SMARTS) is 1. The highest BCUT2D eigenvalue weighted by Crippen LogP contribution is 2.32. The van der Waals surface area contributed by atoms with Gasteiger partial charge in [-0.3, -0.25) is 0 Å². The number of sulfone groups is 1. The third-order valence-corrected chi connectivity index (χ3v) is 6.03. The molecule has 0 aromatic heterocycles. The summed E-state index contributed by atoms with van der Waals surface area (Å²) in [5.41, 5.74) is -0.124. The Balaban J connectivity index is 2.42. The average Bonchev–Trinajstić information content (AvgIpc) is 2.38. The van der Waals surface area contributed by atoms with E-state index in [4.69, 9.17) is 5.11 Å². The van der Waals surface area contributed by atoms with E-state index in [0.717, 1.165) is 12.8 Å². The highest BCUT2D eigenvalue weighted by atomic mass is 32.2. The van der Waals surface area contributed by atoms with Gasteiger partial charge in [-0.25, -0.2) is 13.2 Å². The fraction of sp³-hybridized carbons (Fsp3) is 0.500. The Bertz CT molecular complexity index is 577. The largest absolute Gasteiger partial charge is 0.478 e. The number of benzene rings is 1. The van der Waals surface area contributed by atoms with E-state index in [1.165, 1.54) is 12.1 Å². The first-order valence-electron chi connectivity index (χ1n) is 6.49. The van der Waals surface area contributed by atoms with Crippen molar-refractivity contribution >= 4 is 15.8 Å². The summed E-state index contributed by atoms with van der Waals surface area (Å²) in [6.45, 7) is 2.05.